The van der Waals surface area contributed by atoms with Crippen LogP contribution in [0.1, 0.15) is 17.9 Å². The largest absolute Gasteiger partial charge is 0.481 e. The van der Waals surface area contributed by atoms with Gasteiger partial charge < -0.3 is 10.4 Å². The van der Waals surface area contributed by atoms with Crippen molar-refractivity contribution < 1.29 is 14.7 Å². The van der Waals surface area contributed by atoms with E-state index in [9.17, 15) is 19.2 Å². The van der Waals surface area contributed by atoms with E-state index >= 15 is 0 Å². The van der Waals surface area contributed by atoms with Gasteiger partial charge in [-0.3, -0.25) is 24.4 Å². The second kappa shape index (κ2) is 3.33. The van der Waals surface area contributed by atoms with Crippen LogP contribution in [-0.2, 0) is 9.59 Å². The maximum Gasteiger partial charge on any atom is 0.327 e. The molecule has 0 bridgehead atoms. The summed E-state index contributed by atoms with van der Waals surface area (Å²) in [4.78, 5) is 48.4. The van der Waals surface area contributed by atoms with E-state index in [1.54, 1.807) is 0 Å². The third kappa shape index (κ3) is 1.49. The third-order valence-corrected chi connectivity index (χ3v) is 2.27. The molecule has 16 heavy (non-hydrogen) atoms. The van der Waals surface area contributed by atoms with Gasteiger partial charge in [0.05, 0.1) is 17.9 Å². The summed E-state index contributed by atoms with van der Waals surface area (Å²) >= 11 is 0. The van der Waals surface area contributed by atoms with Gasteiger partial charge in [0.1, 0.15) is 5.82 Å². The van der Waals surface area contributed by atoms with Crippen molar-refractivity contribution in [3.8, 4) is 0 Å². The van der Waals surface area contributed by atoms with E-state index < -0.39 is 35.5 Å². The van der Waals surface area contributed by atoms with E-state index in [0.29, 0.717) is 0 Å². The molecule has 0 saturated heterocycles. The smallest absolute Gasteiger partial charge is 0.327 e. The second-order valence-electron chi connectivity index (χ2n) is 3.34. The Labute approximate surface area is 87.3 Å². The van der Waals surface area contributed by atoms with Gasteiger partial charge in [-0.05, 0) is 0 Å². The molecule has 0 radical (unpaired) electrons. The Hall–Kier alpha value is -2.38. The Morgan fingerprint density at radius 3 is 2.56 bits per heavy atom. The van der Waals surface area contributed by atoms with Gasteiger partial charge in [-0.1, -0.05) is 0 Å². The predicted octanol–water partition coefficient (Wildman–Crippen LogP) is -1.43. The Morgan fingerprint density at radius 1 is 1.25 bits per heavy atom. The van der Waals surface area contributed by atoms with Gasteiger partial charge in [0.15, 0.2) is 0 Å². The monoisotopic (exact) mass is 225 g/mol. The molecule has 1 aliphatic rings. The highest BCUT2D eigenvalue weighted by Gasteiger charge is 2.35. The summed E-state index contributed by atoms with van der Waals surface area (Å²) in [7, 11) is 0. The first-order valence-corrected chi connectivity index (χ1v) is 4.38. The number of nitrogens with one attached hydrogen (secondary N) is 3. The van der Waals surface area contributed by atoms with Crippen LogP contribution >= 0.6 is 0 Å². The van der Waals surface area contributed by atoms with Gasteiger partial charge in [-0.15, -0.1) is 0 Å². The number of anilines is 1. The molecule has 1 amide bonds. The van der Waals surface area contributed by atoms with Crippen molar-refractivity contribution in [3.05, 3.63) is 26.4 Å². The zero-order valence-corrected chi connectivity index (χ0v) is 7.86. The number of amides is 1. The fourth-order valence-corrected chi connectivity index (χ4v) is 1.64. The fourth-order valence-electron chi connectivity index (χ4n) is 1.64. The van der Waals surface area contributed by atoms with Crippen molar-refractivity contribution in [2.45, 2.75) is 12.3 Å². The van der Waals surface area contributed by atoms with Crippen molar-refractivity contribution in [2.24, 2.45) is 0 Å². The summed E-state index contributed by atoms with van der Waals surface area (Å²) in [6, 6.07) is 0. The zero-order valence-electron chi connectivity index (χ0n) is 7.86. The van der Waals surface area contributed by atoms with Crippen molar-refractivity contribution in [1.82, 2.24) is 9.97 Å². The first-order valence-electron chi connectivity index (χ1n) is 4.38. The molecule has 1 aliphatic heterocycles. The summed E-state index contributed by atoms with van der Waals surface area (Å²) in [5.74, 6) is -2.89. The Morgan fingerprint density at radius 2 is 1.94 bits per heavy atom. The molecular weight excluding hydrogens is 218 g/mol. The molecule has 0 spiro atoms. The average Bonchev–Trinajstić information content (AvgIpc) is 2.41. The number of rotatable bonds is 2. The fraction of sp³-hybridized carbons (Fsp3) is 0.250. The molecule has 8 nitrogen and oxygen atoms in total. The highest BCUT2D eigenvalue weighted by Crippen LogP contribution is 2.28. The second-order valence-corrected chi connectivity index (χ2v) is 3.34. The summed E-state index contributed by atoms with van der Waals surface area (Å²) in [5, 5.41) is 10.9. The van der Waals surface area contributed by atoms with E-state index in [2.05, 4.69) is 10.3 Å². The summed E-state index contributed by atoms with van der Waals surface area (Å²) in [6.45, 7) is 0. The van der Waals surface area contributed by atoms with E-state index in [-0.39, 0.29) is 11.4 Å². The van der Waals surface area contributed by atoms with Gasteiger partial charge >= 0.3 is 11.7 Å². The normalized spacial score (nSPS) is 18.0. The molecule has 0 fully saturated rings. The van der Waals surface area contributed by atoms with Crippen LogP contribution in [-0.4, -0.2) is 27.0 Å². The van der Waals surface area contributed by atoms with Crippen molar-refractivity contribution in [2.75, 3.05) is 5.32 Å². The van der Waals surface area contributed by atoms with Gasteiger partial charge in [0.2, 0.25) is 5.91 Å². The lowest BCUT2D eigenvalue weighted by atomic mass is 10.00. The molecule has 1 aromatic heterocycles. The first-order chi connectivity index (χ1) is 7.49. The first kappa shape index (κ1) is 10.1. The van der Waals surface area contributed by atoms with Crippen LogP contribution in [0.4, 0.5) is 5.82 Å². The van der Waals surface area contributed by atoms with Gasteiger partial charge in [-0.25, -0.2) is 4.79 Å². The van der Waals surface area contributed by atoms with Gasteiger partial charge in [-0.2, -0.15) is 0 Å². The molecular formula is C8H7N3O5. The van der Waals surface area contributed by atoms with Crippen LogP contribution in [0.15, 0.2) is 9.59 Å². The lowest BCUT2D eigenvalue weighted by Gasteiger charge is -2.02. The lowest BCUT2D eigenvalue weighted by Crippen LogP contribution is -2.26. The van der Waals surface area contributed by atoms with Crippen LogP contribution in [0.3, 0.4) is 0 Å². The minimum absolute atomic E-state index is 0.0231. The molecule has 1 aromatic rings. The van der Waals surface area contributed by atoms with Gasteiger partial charge in [0, 0.05) is 0 Å². The number of carbonyl (C=O) groups is 2. The number of H-pyrrole nitrogens is 2. The SMILES string of the molecule is O=C(O)CC1C(=O)Nc2[nH]c(=O)[nH]c(=O)c21. The van der Waals surface area contributed by atoms with Crippen molar-refractivity contribution in [1.29, 1.82) is 0 Å². The summed E-state index contributed by atoms with van der Waals surface area (Å²) in [5.41, 5.74) is -1.53. The van der Waals surface area contributed by atoms with E-state index in [1.165, 1.54) is 0 Å². The lowest BCUT2D eigenvalue weighted by molar-refractivity contribution is -0.138. The third-order valence-electron chi connectivity index (χ3n) is 2.27. The van der Waals surface area contributed by atoms with Crippen LogP contribution in [0, 0.1) is 0 Å². The number of hydrogen-bond donors (Lipinski definition) is 4. The van der Waals surface area contributed by atoms with Gasteiger partial charge in [0.25, 0.3) is 5.56 Å². The topological polar surface area (TPSA) is 132 Å². The number of hydrogen-bond acceptors (Lipinski definition) is 4. The molecule has 4 N–H and O–H groups in total. The zero-order chi connectivity index (χ0) is 11.9. The molecule has 0 saturated carbocycles. The maximum atomic E-state index is 11.4. The summed E-state index contributed by atoms with van der Waals surface area (Å²) in [6.07, 6.45) is -0.492. The minimum atomic E-state index is -1.20. The molecule has 1 unspecified atom stereocenters. The average molecular weight is 225 g/mol. The quantitative estimate of drug-likeness (QED) is 0.490. The standard InChI is InChI=1S/C8H7N3O5/c12-3(13)1-2-4-5(9-6(2)14)10-8(16)11-7(4)15/h2H,1H2,(H,12,13)(H3,9,10,11,14,15,16). The van der Waals surface area contributed by atoms with E-state index in [4.69, 9.17) is 5.11 Å². The highest BCUT2D eigenvalue weighted by atomic mass is 16.4. The number of aliphatic carboxylic acids is 1. The Kier molecular flexibility index (Phi) is 2.11. The minimum Gasteiger partial charge on any atom is -0.481 e. The van der Waals surface area contributed by atoms with Crippen LogP contribution in [0.5, 0.6) is 0 Å². The number of aromatic nitrogens is 2. The molecule has 0 aromatic carbocycles. The molecule has 8 heteroatoms. The maximum absolute atomic E-state index is 11.4. The van der Waals surface area contributed by atoms with E-state index in [0.717, 1.165) is 0 Å². The van der Waals surface area contributed by atoms with E-state index in [1.807, 2.05) is 4.98 Å². The van der Waals surface area contributed by atoms with Crippen LogP contribution in [0.2, 0.25) is 0 Å². The van der Waals surface area contributed by atoms with Crippen molar-refractivity contribution in [3.63, 3.8) is 0 Å². The Balaban J connectivity index is 2.56. The summed E-state index contributed by atoms with van der Waals surface area (Å²) < 4.78 is 0. The molecule has 2 heterocycles. The number of carboxylic acid groups (broad SMARTS) is 1. The number of fused-ring (bicyclic) bond motifs is 1. The number of aromatic amines is 2. The highest BCUT2D eigenvalue weighted by molar-refractivity contribution is 6.03. The predicted molar refractivity (Wildman–Crippen MR) is 51.3 cm³/mol. The molecule has 2 rings (SSSR count). The Bertz CT molecular complexity index is 584. The molecule has 0 aliphatic carbocycles. The van der Waals surface area contributed by atoms with Crippen LogP contribution < -0.4 is 16.6 Å². The molecule has 84 valence electrons. The molecule has 1 atom stereocenters. The number of carbonyl (C=O) groups excluding carboxylic acids is 1. The van der Waals surface area contributed by atoms with Crippen LogP contribution in [0.25, 0.3) is 0 Å². The van der Waals surface area contributed by atoms with Crippen molar-refractivity contribution >= 4 is 17.7 Å². The number of carboxylic acids is 1.